The molecule has 0 saturated heterocycles. The lowest BCUT2D eigenvalue weighted by Gasteiger charge is -2.04. The molecule has 0 radical (unpaired) electrons. The number of hydrogen-bond donors (Lipinski definition) is 2. The number of nitrogens with zero attached hydrogens (tertiary/aromatic N) is 1. The molecule has 3 rings (SSSR count). The lowest BCUT2D eigenvalue weighted by Crippen LogP contribution is -1.84. The first-order chi connectivity index (χ1) is 9.28. The molecule has 0 unspecified atom stereocenters. The Kier molecular flexibility index (Phi) is 3.76. The predicted octanol–water partition coefficient (Wildman–Crippen LogP) is 3.81. The van der Waals surface area contributed by atoms with E-state index in [2.05, 4.69) is 38.6 Å². The number of halogens is 1. The van der Waals surface area contributed by atoms with Crippen LogP contribution in [0.15, 0.2) is 52.6 Å². The smallest absolute Gasteiger partial charge is 0.101 e. The minimum Gasteiger partial charge on any atom is -0.392 e. The fraction of sp³-hybridized carbons (Fsp3) is 0.0714. The summed E-state index contributed by atoms with van der Waals surface area (Å²) in [6, 6.07) is 10.1. The Morgan fingerprint density at radius 3 is 2.89 bits per heavy atom. The second-order valence-corrected chi connectivity index (χ2v) is 6.38. The highest BCUT2D eigenvalue weighted by Crippen LogP contribution is 2.34. The van der Waals surface area contributed by atoms with Gasteiger partial charge in [-0.2, -0.15) is 0 Å². The van der Waals surface area contributed by atoms with E-state index in [-0.39, 0.29) is 6.61 Å². The largest absolute Gasteiger partial charge is 0.392 e. The normalized spacial score (nSPS) is 11.1. The molecule has 96 valence electrons. The van der Waals surface area contributed by atoms with Gasteiger partial charge in [-0.25, -0.2) is 4.98 Å². The number of aromatic nitrogens is 2. The molecule has 0 spiro atoms. The van der Waals surface area contributed by atoms with Gasteiger partial charge >= 0.3 is 0 Å². The van der Waals surface area contributed by atoms with E-state index in [1.807, 2.05) is 36.7 Å². The number of aliphatic hydroxyl groups excluding tert-OH is 1. The maximum Gasteiger partial charge on any atom is 0.101 e. The van der Waals surface area contributed by atoms with Crippen molar-refractivity contribution in [1.82, 2.24) is 9.97 Å². The van der Waals surface area contributed by atoms with Gasteiger partial charge in [-0.15, -0.1) is 0 Å². The van der Waals surface area contributed by atoms with Crippen molar-refractivity contribution in [3.63, 3.8) is 0 Å². The second kappa shape index (κ2) is 5.52. The molecule has 0 aliphatic rings. The lowest BCUT2D eigenvalue weighted by atomic mass is 10.2. The van der Waals surface area contributed by atoms with E-state index in [0.717, 1.165) is 30.0 Å². The number of aromatic amines is 1. The summed E-state index contributed by atoms with van der Waals surface area (Å²) in [5, 5.41) is 11.4. The molecule has 5 heteroatoms. The SMILES string of the molecule is OCc1c[nH]c2cccc(Sc3ccc(I)cn3)c12. The van der Waals surface area contributed by atoms with Crippen molar-refractivity contribution >= 4 is 45.3 Å². The number of hydrogen-bond acceptors (Lipinski definition) is 3. The molecule has 0 amide bonds. The highest BCUT2D eigenvalue weighted by molar-refractivity contribution is 14.1. The summed E-state index contributed by atoms with van der Waals surface area (Å²) in [5.74, 6) is 0. The lowest BCUT2D eigenvalue weighted by molar-refractivity contribution is 0.283. The summed E-state index contributed by atoms with van der Waals surface area (Å²) in [4.78, 5) is 8.69. The Balaban J connectivity index is 2.04. The van der Waals surface area contributed by atoms with Gasteiger partial charge in [-0.1, -0.05) is 17.8 Å². The van der Waals surface area contributed by atoms with Gasteiger partial charge in [0.15, 0.2) is 0 Å². The van der Waals surface area contributed by atoms with Crippen LogP contribution in [0.4, 0.5) is 0 Å². The van der Waals surface area contributed by atoms with E-state index in [1.165, 1.54) is 0 Å². The minimum atomic E-state index is 0.0394. The first-order valence-corrected chi connectivity index (χ1v) is 7.66. The molecule has 0 atom stereocenters. The number of benzene rings is 1. The van der Waals surface area contributed by atoms with Gasteiger partial charge in [0, 0.05) is 37.3 Å². The number of aliphatic hydroxyl groups is 1. The average Bonchev–Trinajstić information content (AvgIpc) is 2.85. The first-order valence-electron chi connectivity index (χ1n) is 5.77. The Labute approximate surface area is 128 Å². The number of pyridine rings is 1. The number of fused-ring (bicyclic) bond motifs is 1. The quantitative estimate of drug-likeness (QED) is 0.678. The zero-order chi connectivity index (χ0) is 13.2. The summed E-state index contributed by atoms with van der Waals surface area (Å²) in [7, 11) is 0. The molecule has 19 heavy (non-hydrogen) atoms. The molecule has 0 aliphatic carbocycles. The topological polar surface area (TPSA) is 48.9 Å². The molecule has 2 aromatic heterocycles. The maximum absolute atomic E-state index is 9.41. The molecule has 3 aromatic rings. The molecule has 2 heterocycles. The monoisotopic (exact) mass is 382 g/mol. The number of rotatable bonds is 3. The predicted molar refractivity (Wildman–Crippen MR) is 85.3 cm³/mol. The summed E-state index contributed by atoms with van der Waals surface area (Å²) >= 11 is 3.86. The van der Waals surface area contributed by atoms with Crippen LogP contribution in [0.25, 0.3) is 10.9 Å². The van der Waals surface area contributed by atoms with E-state index >= 15 is 0 Å². The van der Waals surface area contributed by atoms with E-state index in [1.54, 1.807) is 11.8 Å². The summed E-state index contributed by atoms with van der Waals surface area (Å²) < 4.78 is 1.12. The Morgan fingerprint density at radius 2 is 2.16 bits per heavy atom. The van der Waals surface area contributed by atoms with Gasteiger partial charge in [0.05, 0.1) is 6.61 Å². The van der Waals surface area contributed by atoms with Crippen molar-refractivity contribution < 1.29 is 5.11 Å². The zero-order valence-electron chi connectivity index (χ0n) is 9.93. The first kappa shape index (κ1) is 13.0. The van der Waals surface area contributed by atoms with Crippen molar-refractivity contribution in [2.24, 2.45) is 0 Å². The van der Waals surface area contributed by atoms with E-state index in [9.17, 15) is 5.11 Å². The van der Waals surface area contributed by atoms with Gasteiger partial charge in [0.25, 0.3) is 0 Å². The second-order valence-electron chi connectivity index (χ2n) is 4.07. The third-order valence-corrected chi connectivity index (χ3v) is 4.48. The Bertz CT molecular complexity index is 709. The third kappa shape index (κ3) is 2.63. The highest BCUT2D eigenvalue weighted by Gasteiger charge is 2.09. The molecule has 0 fully saturated rings. The van der Waals surface area contributed by atoms with Gasteiger partial charge in [0.1, 0.15) is 5.03 Å². The van der Waals surface area contributed by atoms with Crippen LogP contribution in [0.5, 0.6) is 0 Å². The Morgan fingerprint density at radius 1 is 1.26 bits per heavy atom. The molecular formula is C14H11IN2OS. The van der Waals surface area contributed by atoms with Crippen LogP contribution in [0.1, 0.15) is 5.56 Å². The van der Waals surface area contributed by atoms with Crippen LogP contribution < -0.4 is 0 Å². The maximum atomic E-state index is 9.41. The number of H-pyrrole nitrogens is 1. The standard InChI is InChI=1S/C14H11IN2OS/c15-10-4-5-13(17-7-10)19-12-3-1-2-11-14(12)9(8-18)6-16-11/h1-7,16,18H,8H2. The molecule has 0 saturated carbocycles. The zero-order valence-corrected chi connectivity index (χ0v) is 12.9. The van der Waals surface area contributed by atoms with Crippen LogP contribution in [0.3, 0.4) is 0 Å². The van der Waals surface area contributed by atoms with Crippen LogP contribution in [0, 0.1) is 3.57 Å². The van der Waals surface area contributed by atoms with Crippen LogP contribution in [-0.2, 0) is 6.61 Å². The van der Waals surface area contributed by atoms with Crippen LogP contribution >= 0.6 is 34.4 Å². The van der Waals surface area contributed by atoms with Crippen molar-refractivity contribution in [3.05, 3.63) is 51.9 Å². The molecule has 2 N–H and O–H groups in total. The third-order valence-electron chi connectivity index (χ3n) is 2.83. The van der Waals surface area contributed by atoms with Crippen molar-refractivity contribution in [3.8, 4) is 0 Å². The van der Waals surface area contributed by atoms with E-state index in [4.69, 9.17) is 0 Å². The molecule has 0 bridgehead atoms. The van der Waals surface area contributed by atoms with Crippen molar-refractivity contribution in [1.29, 1.82) is 0 Å². The van der Waals surface area contributed by atoms with E-state index in [0.29, 0.717) is 0 Å². The van der Waals surface area contributed by atoms with Gasteiger partial charge in [-0.05, 0) is 46.9 Å². The van der Waals surface area contributed by atoms with Crippen molar-refractivity contribution in [2.75, 3.05) is 0 Å². The number of nitrogens with one attached hydrogen (secondary N) is 1. The van der Waals surface area contributed by atoms with Crippen LogP contribution in [0.2, 0.25) is 0 Å². The molecule has 0 aliphatic heterocycles. The Hall–Kier alpha value is -1.05. The van der Waals surface area contributed by atoms with Gasteiger partial charge < -0.3 is 10.1 Å². The van der Waals surface area contributed by atoms with Gasteiger partial charge in [0.2, 0.25) is 0 Å². The van der Waals surface area contributed by atoms with Crippen LogP contribution in [-0.4, -0.2) is 15.1 Å². The minimum absolute atomic E-state index is 0.0394. The summed E-state index contributed by atoms with van der Waals surface area (Å²) in [5.41, 5.74) is 1.96. The summed E-state index contributed by atoms with van der Waals surface area (Å²) in [6.45, 7) is 0.0394. The molecule has 1 aromatic carbocycles. The fourth-order valence-electron chi connectivity index (χ4n) is 1.96. The highest BCUT2D eigenvalue weighted by atomic mass is 127. The molecule has 3 nitrogen and oxygen atoms in total. The van der Waals surface area contributed by atoms with Crippen molar-refractivity contribution in [2.45, 2.75) is 16.5 Å². The average molecular weight is 382 g/mol. The van der Waals surface area contributed by atoms with Gasteiger partial charge in [-0.3, -0.25) is 0 Å². The molecular weight excluding hydrogens is 371 g/mol. The van der Waals surface area contributed by atoms with E-state index < -0.39 is 0 Å². The summed E-state index contributed by atoms with van der Waals surface area (Å²) in [6.07, 6.45) is 3.71. The fourth-order valence-corrected chi connectivity index (χ4v) is 3.24.